The van der Waals surface area contributed by atoms with E-state index in [1.165, 1.54) is 5.57 Å². The Hall–Kier alpha value is -0.560. The molecule has 0 aromatic carbocycles. The molecule has 1 heteroatoms. The van der Waals surface area contributed by atoms with E-state index in [2.05, 4.69) is 59.8 Å². The molecule has 0 bridgehead atoms. The molecule has 0 aromatic heterocycles. The first-order chi connectivity index (χ1) is 7.72. The van der Waals surface area contributed by atoms with Crippen LogP contribution < -0.4 is 0 Å². The Kier molecular flexibility index (Phi) is 4.24. The number of rotatable bonds is 3. The molecular weight excluding hydrogens is 208 g/mol. The first kappa shape index (κ1) is 14.5. The summed E-state index contributed by atoms with van der Waals surface area (Å²) in [5.74, 6) is 0.457. The second kappa shape index (κ2) is 4.97. The first-order valence-electron chi connectivity index (χ1n) is 6.65. The van der Waals surface area contributed by atoms with Crippen molar-refractivity contribution in [2.75, 3.05) is 7.11 Å². The molecule has 0 radical (unpaired) electrons. The Morgan fingerprint density at radius 3 is 2.18 bits per heavy atom. The molecule has 0 spiro atoms. The van der Waals surface area contributed by atoms with Crippen LogP contribution in [0.1, 0.15) is 48.0 Å². The van der Waals surface area contributed by atoms with Crippen LogP contribution in [0.15, 0.2) is 23.8 Å². The van der Waals surface area contributed by atoms with Gasteiger partial charge in [0.15, 0.2) is 0 Å². The summed E-state index contributed by atoms with van der Waals surface area (Å²) >= 11 is 0. The van der Waals surface area contributed by atoms with E-state index in [0.29, 0.717) is 5.92 Å². The molecule has 1 nitrogen and oxygen atoms in total. The van der Waals surface area contributed by atoms with Gasteiger partial charge in [0.25, 0.3) is 0 Å². The minimum Gasteiger partial charge on any atom is -0.377 e. The standard InChI is InChI=1S/C16H28O/c1-8-16(5,6)12-9-10-14(17-7)13(11-12)15(2,3)4/h9-11,13-14H,8H2,1-7H3. The van der Waals surface area contributed by atoms with Crippen molar-refractivity contribution in [3.05, 3.63) is 23.8 Å². The molecule has 1 rings (SSSR count). The van der Waals surface area contributed by atoms with Crippen molar-refractivity contribution in [3.8, 4) is 0 Å². The van der Waals surface area contributed by atoms with Crippen LogP contribution in [0.25, 0.3) is 0 Å². The fourth-order valence-corrected chi connectivity index (χ4v) is 2.29. The third-order valence-corrected chi connectivity index (χ3v) is 4.12. The molecule has 0 N–H and O–H groups in total. The van der Waals surface area contributed by atoms with E-state index >= 15 is 0 Å². The third kappa shape index (κ3) is 3.22. The predicted octanol–water partition coefficient (Wildman–Crippen LogP) is 4.60. The summed E-state index contributed by atoms with van der Waals surface area (Å²) in [5, 5.41) is 0. The fourth-order valence-electron chi connectivity index (χ4n) is 2.29. The maximum absolute atomic E-state index is 5.59. The average molecular weight is 236 g/mol. The fraction of sp³-hybridized carbons (Fsp3) is 0.750. The van der Waals surface area contributed by atoms with Gasteiger partial charge in [0.2, 0.25) is 0 Å². The lowest BCUT2D eigenvalue weighted by atomic mass is 9.70. The van der Waals surface area contributed by atoms with Gasteiger partial charge in [0.05, 0.1) is 6.10 Å². The van der Waals surface area contributed by atoms with Crippen LogP contribution in [-0.2, 0) is 4.74 Å². The summed E-state index contributed by atoms with van der Waals surface area (Å²) in [4.78, 5) is 0. The molecule has 0 aromatic rings. The van der Waals surface area contributed by atoms with Gasteiger partial charge in [-0.05, 0) is 22.8 Å². The topological polar surface area (TPSA) is 9.23 Å². The van der Waals surface area contributed by atoms with Crippen molar-refractivity contribution in [2.45, 2.75) is 54.1 Å². The van der Waals surface area contributed by atoms with Crippen LogP contribution in [0.2, 0.25) is 0 Å². The summed E-state index contributed by atoms with van der Waals surface area (Å²) < 4.78 is 5.59. The minimum absolute atomic E-state index is 0.214. The molecule has 17 heavy (non-hydrogen) atoms. The summed E-state index contributed by atoms with van der Waals surface area (Å²) in [7, 11) is 1.80. The third-order valence-electron chi connectivity index (χ3n) is 4.12. The van der Waals surface area contributed by atoms with Gasteiger partial charge >= 0.3 is 0 Å². The lowest BCUT2D eigenvalue weighted by Crippen LogP contribution is -2.34. The van der Waals surface area contributed by atoms with Gasteiger partial charge in [0, 0.05) is 13.0 Å². The lowest BCUT2D eigenvalue weighted by molar-refractivity contribution is 0.0585. The number of hydrogen-bond donors (Lipinski definition) is 0. The second-order valence-electron chi connectivity index (χ2n) is 6.81. The van der Waals surface area contributed by atoms with E-state index in [-0.39, 0.29) is 16.9 Å². The van der Waals surface area contributed by atoms with Crippen molar-refractivity contribution in [1.82, 2.24) is 0 Å². The normalized spacial score (nSPS) is 25.9. The number of methoxy groups -OCH3 is 1. The Morgan fingerprint density at radius 2 is 1.76 bits per heavy atom. The SMILES string of the molecule is CCC(C)(C)C1=CC(C(C)(C)C)C(OC)C=C1. The molecule has 1 aliphatic rings. The van der Waals surface area contributed by atoms with Gasteiger partial charge in [0.1, 0.15) is 0 Å². The highest BCUT2D eigenvalue weighted by Gasteiger charge is 2.33. The van der Waals surface area contributed by atoms with Gasteiger partial charge in [-0.3, -0.25) is 0 Å². The second-order valence-corrected chi connectivity index (χ2v) is 6.81. The van der Waals surface area contributed by atoms with Crippen molar-refractivity contribution in [3.63, 3.8) is 0 Å². The summed E-state index contributed by atoms with van der Waals surface area (Å²) in [6.07, 6.45) is 8.28. The molecule has 0 aliphatic heterocycles. The zero-order valence-corrected chi connectivity index (χ0v) is 12.5. The highest BCUT2D eigenvalue weighted by atomic mass is 16.5. The van der Waals surface area contributed by atoms with Gasteiger partial charge in [-0.25, -0.2) is 0 Å². The van der Waals surface area contributed by atoms with Crippen LogP contribution in [-0.4, -0.2) is 13.2 Å². The van der Waals surface area contributed by atoms with Gasteiger partial charge in [-0.15, -0.1) is 0 Å². The van der Waals surface area contributed by atoms with Crippen LogP contribution in [0.3, 0.4) is 0 Å². The zero-order valence-electron chi connectivity index (χ0n) is 12.5. The Balaban J connectivity index is 3.06. The molecule has 2 atom stereocenters. The van der Waals surface area contributed by atoms with Crippen LogP contribution in [0, 0.1) is 16.7 Å². The Bertz CT molecular complexity index is 315. The largest absolute Gasteiger partial charge is 0.377 e. The van der Waals surface area contributed by atoms with Crippen LogP contribution in [0.4, 0.5) is 0 Å². The predicted molar refractivity (Wildman–Crippen MR) is 75.0 cm³/mol. The van der Waals surface area contributed by atoms with E-state index in [4.69, 9.17) is 4.74 Å². The molecular formula is C16H28O. The summed E-state index contributed by atoms with van der Waals surface area (Å²) in [5.41, 5.74) is 1.95. The molecule has 98 valence electrons. The highest BCUT2D eigenvalue weighted by molar-refractivity contribution is 5.32. The van der Waals surface area contributed by atoms with Crippen molar-refractivity contribution < 1.29 is 4.74 Å². The molecule has 0 saturated carbocycles. The highest BCUT2D eigenvalue weighted by Crippen LogP contribution is 2.40. The Labute approximate surface area is 107 Å². The van der Waals surface area contributed by atoms with Gasteiger partial charge in [-0.1, -0.05) is 59.8 Å². The van der Waals surface area contributed by atoms with E-state index < -0.39 is 0 Å². The van der Waals surface area contributed by atoms with E-state index in [9.17, 15) is 0 Å². The lowest BCUT2D eigenvalue weighted by Gasteiger charge is -2.38. The van der Waals surface area contributed by atoms with Crippen LogP contribution in [0.5, 0.6) is 0 Å². The molecule has 0 heterocycles. The van der Waals surface area contributed by atoms with E-state index in [1.807, 2.05) is 0 Å². The quantitative estimate of drug-likeness (QED) is 0.696. The Morgan fingerprint density at radius 1 is 1.18 bits per heavy atom. The van der Waals surface area contributed by atoms with Crippen molar-refractivity contribution in [1.29, 1.82) is 0 Å². The molecule has 1 aliphatic carbocycles. The minimum atomic E-state index is 0.214. The maximum Gasteiger partial charge on any atom is 0.0822 e. The molecule has 0 amide bonds. The van der Waals surface area contributed by atoms with E-state index in [1.54, 1.807) is 7.11 Å². The van der Waals surface area contributed by atoms with Crippen molar-refractivity contribution >= 4 is 0 Å². The summed E-state index contributed by atoms with van der Waals surface area (Å²) in [6.45, 7) is 13.7. The molecule has 2 unspecified atom stereocenters. The number of allylic oxidation sites excluding steroid dienone is 2. The summed E-state index contributed by atoms with van der Waals surface area (Å²) in [6, 6.07) is 0. The smallest absolute Gasteiger partial charge is 0.0822 e. The average Bonchev–Trinajstić information content (AvgIpc) is 2.27. The monoisotopic (exact) mass is 236 g/mol. The van der Waals surface area contributed by atoms with Gasteiger partial charge in [-0.2, -0.15) is 0 Å². The van der Waals surface area contributed by atoms with Crippen LogP contribution >= 0.6 is 0 Å². The first-order valence-corrected chi connectivity index (χ1v) is 6.65. The number of ether oxygens (including phenoxy) is 1. The molecule has 0 fully saturated rings. The maximum atomic E-state index is 5.59. The number of hydrogen-bond acceptors (Lipinski definition) is 1. The van der Waals surface area contributed by atoms with E-state index in [0.717, 1.165) is 6.42 Å². The van der Waals surface area contributed by atoms with Gasteiger partial charge < -0.3 is 4.74 Å². The molecule has 0 saturated heterocycles. The van der Waals surface area contributed by atoms with Crippen molar-refractivity contribution in [2.24, 2.45) is 16.7 Å². The zero-order chi connectivity index (χ0) is 13.3.